The molecule has 11 heteroatoms. The van der Waals surface area contributed by atoms with Crippen molar-refractivity contribution in [2.45, 2.75) is 81.1 Å². The molecule has 9 rings (SSSR count). The number of rotatable bonds is 8. The highest BCUT2D eigenvalue weighted by Crippen LogP contribution is 2.32. The molecule has 4 heterocycles. The number of thioether (sulfide) groups is 1. The van der Waals surface area contributed by atoms with Crippen LogP contribution in [0.15, 0.2) is 156 Å². The number of aryl methyl sites for hydroxylation is 1. The quantitative estimate of drug-likeness (QED) is 0.111. The van der Waals surface area contributed by atoms with Crippen LogP contribution in [0.4, 0.5) is 0 Å². The molecule has 59 heavy (non-hydrogen) atoms. The third kappa shape index (κ3) is 11.5. The van der Waals surface area contributed by atoms with E-state index in [4.69, 9.17) is 11.6 Å². The van der Waals surface area contributed by atoms with Crippen LogP contribution in [0.1, 0.15) is 69.8 Å². The van der Waals surface area contributed by atoms with E-state index in [0.717, 1.165) is 28.3 Å². The van der Waals surface area contributed by atoms with Gasteiger partial charge in [-0.25, -0.2) is 28.4 Å². The van der Waals surface area contributed by atoms with Gasteiger partial charge in [-0.15, -0.1) is 11.8 Å². The molecule has 0 saturated heterocycles. The number of halogens is 1. The molecule has 1 fully saturated rings. The minimum absolute atomic E-state index is 0.0231. The normalized spacial score (nSPS) is 12.8. The van der Waals surface area contributed by atoms with E-state index in [1.807, 2.05) is 103 Å². The van der Waals surface area contributed by atoms with Gasteiger partial charge in [0.05, 0.1) is 21.7 Å². The molecule has 0 spiro atoms. The van der Waals surface area contributed by atoms with Crippen LogP contribution in [0.5, 0.6) is 0 Å². The maximum absolute atomic E-state index is 13.0. The number of hydrogen-bond acceptors (Lipinski definition) is 7. The first-order chi connectivity index (χ1) is 28.7. The van der Waals surface area contributed by atoms with Gasteiger partial charge in [0, 0.05) is 46.2 Å². The van der Waals surface area contributed by atoms with Crippen molar-refractivity contribution < 1.29 is 8.42 Å². The Balaban J connectivity index is 0.000000165. The zero-order chi connectivity index (χ0) is 41.6. The molecule has 0 atom stereocenters. The SMILES string of the molecule is CC.CC1CCCCC1.Cc1nccc(-n2ccc3c(S(=O)(=O)Cc4ccccc4)cccc32)n1.Clc1ccnc(-n2ccc3c(SCc4ccccc4)cccc32)n1. The molecule has 0 N–H and O–H groups in total. The summed E-state index contributed by atoms with van der Waals surface area (Å²) >= 11 is 7.83. The number of nitrogens with zero attached hydrogens (tertiary/aromatic N) is 6. The van der Waals surface area contributed by atoms with Crippen molar-refractivity contribution in [3.8, 4) is 11.8 Å². The molecule has 0 amide bonds. The highest BCUT2D eigenvalue weighted by atomic mass is 35.5. The molecule has 1 aliphatic rings. The number of benzene rings is 4. The Morgan fingerprint density at radius 3 is 1.97 bits per heavy atom. The van der Waals surface area contributed by atoms with E-state index in [0.29, 0.717) is 33.0 Å². The smallest absolute Gasteiger partial charge is 0.235 e. The van der Waals surface area contributed by atoms with Gasteiger partial charge in [0.25, 0.3) is 0 Å². The lowest BCUT2D eigenvalue weighted by atomic mass is 9.91. The van der Waals surface area contributed by atoms with Crippen molar-refractivity contribution in [3.05, 3.63) is 168 Å². The second kappa shape index (κ2) is 21.1. The van der Waals surface area contributed by atoms with E-state index in [9.17, 15) is 8.42 Å². The molecule has 304 valence electrons. The molecule has 1 saturated carbocycles. The van der Waals surface area contributed by atoms with Gasteiger partial charge in [-0.05, 0) is 72.5 Å². The summed E-state index contributed by atoms with van der Waals surface area (Å²) in [6.07, 6.45) is 14.6. The maximum Gasteiger partial charge on any atom is 0.235 e. The van der Waals surface area contributed by atoms with Crippen LogP contribution in [-0.4, -0.2) is 37.5 Å². The van der Waals surface area contributed by atoms with Crippen molar-refractivity contribution in [1.29, 1.82) is 0 Å². The summed E-state index contributed by atoms with van der Waals surface area (Å²) in [5.74, 6) is 3.92. The lowest BCUT2D eigenvalue weighted by molar-refractivity contribution is 0.385. The Labute approximate surface area is 357 Å². The van der Waals surface area contributed by atoms with E-state index < -0.39 is 9.84 Å². The van der Waals surface area contributed by atoms with Gasteiger partial charge >= 0.3 is 0 Å². The molecule has 4 aromatic heterocycles. The van der Waals surface area contributed by atoms with Crippen LogP contribution in [0.2, 0.25) is 5.15 Å². The Morgan fingerprint density at radius 2 is 1.31 bits per heavy atom. The zero-order valence-electron chi connectivity index (χ0n) is 34.1. The molecule has 1 aliphatic carbocycles. The fourth-order valence-corrected chi connectivity index (χ4v) is 9.71. The summed E-state index contributed by atoms with van der Waals surface area (Å²) in [6.45, 7) is 8.18. The highest BCUT2D eigenvalue weighted by molar-refractivity contribution is 7.98. The van der Waals surface area contributed by atoms with E-state index >= 15 is 0 Å². The van der Waals surface area contributed by atoms with Gasteiger partial charge in [-0.1, -0.05) is 137 Å². The Hall–Kier alpha value is -5.29. The van der Waals surface area contributed by atoms with Crippen LogP contribution in [0, 0.1) is 12.8 Å². The third-order valence-electron chi connectivity index (χ3n) is 9.88. The fourth-order valence-electron chi connectivity index (χ4n) is 6.98. The van der Waals surface area contributed by atoms with Crippen LogP contribution >= 0.6 is 23.4 Å². The minimum atomic E-state index is -3.46. The summed E-state index contributed by atoms with van der Waals surface area (Å²) in [5, 5.41) is 2.33. The van der Waals surface area contributed by atoms with E-state index in [-0.39, 0.29) is 5.75 Å². The number of sulfone groups is 1. The molecule has 8 aromatic rings. The lowest BCUT2D eigenvalue weighted by Crippen LogP contribution is -2.05. The van der Waals surface area contributed by atoms with Gasteiger partial charge in [0.15, 0.2) is 9.84 Å². The molecule has 0 radical (unpaired) electrons. The average Bonchev–Trinajstić information content (AvgIpc) is 3.91. The summed E-state index contributed by atoms with van der Waals surface area (Å²) in [6, 6.07) is 38.7. The van der Waals surface area contributed by atoms with Gasteiger partial charge in [-0.2, -0.15) is 0 Å². The Morgan fingerprint density at radius 1 is 0.678 bits per heavy atom. The van der Waals surface area contributed by atoms with Crippen LogP contribution in [-0.2, 0) is 21.3 Å². The number of hydrogen-bond donors (Lipinski definition) is 0. The molecular weight excluding hydrogens is 792 g/mol. The molecule has 0 unspecified atom stereocenters. The number of fused-ring (bicyclic) bond motifs is 2. The Bertz CT molecular complexity index is 2660. The van der Waals surface area contributed by atoms with Crippen LogP contribution < -0.4 is 0 Å². The van der Waals surface area contributed by atoms with E-state index in [1.165, 1.54) is 47.9 Å². The van der Waals surface area contributed by atoms with Crippen molar-refractivity contribution in [2.24, 2.45) is 5.92 Å². The lowest BCUT2D eigenvalue weighted by Gasteiger charge is -2.15. The second-order valence-electron chi connectivity index (χ2n) is 14.2. The summed E-state index contributed by atoms with van der Waals surface area (Å²) < 4.78 is 29.8. The molecule has 4 aromatic carbocycles. The summed E-state index contributed by atoms with van der Waals surface area (Å²) in [4.78, 5) is 18.7. The van der Waals surface area contributed by atoms with E-state index in [2.05, 4.69) is 75.4 Å². The monoisotopic (exact) mass is 842 g/mol. The topological polar surface area (TPSA) is 95.6 Å². The average molecular weight is 844 g/mol. The zero-order valence-corrected chi connectivity index (χ0v) is 36.5. The summed E-state index contributed by atoms with van der Waals surface area (Å²) in [5.41, 5.74) is 3.97. The largest absolute Gasteiger partial charge is 0.301 e. The Kier molecular flexibility index (Phi) is 15.5. The standard InChI is InChI=1S/C20H17N3O2S.C19H14ClN3S.C7H14.C2H6/c1-15-21-12-10-20(22-15)23-13-11-17-18(23)8-5-9-19(17)26(24,25)14-16-6-3-2-4-7-16;20-18-9-11-21-19(22-18)23-12-10-15-16(23)7-4-8-17(15)24-13-14-5-2-1-3-6-14;1-7-5-3-2-4-6-7;1-2/h2-13H,14H2,1H3;1-12H,13H2;7H,2-6H2,1H3;1-2H3. The van der Waals surface area contributed by atoms with Gasteiger partial charge in [0.1, 0.15) is 16.8 Å². The minimum Gasteiger partial charge on any atom is -0.301 e. The number of aromatic nitrogens is 6. The van der Waals surface area contributed by atoms with Crippen molar-refractivity contribution in [2.75, 3.05) is 0 Å². The van der Waals surface area contributed by atoms with Crippen molar-refractivity contribution >= 4 is 55.0 Å². The molecular formula is C48H51ClN6O2S2. The van der Waals surface area contributed by atoms with Gasteiger partial charge in [0.2, 0.25) is 5.95 Å². The maximum atomic E-state index is 13.0. The van der Waals surface area contributed by atoms with Gasteiger partial charge in [-0.3, -0.25) is 4.57 Å². The predicted octanol–water partition coefficient (Wildman–Crippen LogP) is 12.7. The first kappa shape index (κ1) is 43.3. The van der Waals surface area contributed by atoms with Crippen LogP contribution in [0.25, 0.3) is 33.6 Å². The summed E-state index contributed by atoms with van der Waals surface area (Å²) in [7, 11) is -3.46. The van der Waals surface area contributed by atoms with Crippen LogP contribution in [0.3, 0.4) is 0 Å². The predicted molar refractivity (Wildman–Crippen MR) is 244 cm³/mol. The third-order valence-corrected chi connectivity index (χ3v) is 13.0. The first-order valence-corrected chi connectivity index (χ1v) is 23.2. The van der Waals surface area contributed by atoms with Gasteiger partial charge < -0.3 is 4.57 Å². The first-order valence-electron chi connectivity index (χ1n) is 20.2. The van der Waals surface area contributed by atoms with E-state index in [1.54, 1.807) is 36.7 Å². The fraction of sp³-hybridized carbons (Fsp3) is 0.250. The molecule has 0 bridgehead atoms. The molecule has 0 aliphatic heterocycles. The molecule has 8 nitrogen and oxygen atoms in total. The second-order valence-corrected chi connectivity index (χ2v) is 17.5. The van der Waals surface area contributed by atoms with Crippen molar-refractivity contribution in [1.82, 2.24) is 29.1 Å². The van der Waals surface area contributed by atoms with Crippen molar-refractivity contribution in [3.63, 3.8) is 0 Å². The highest BCUT2D eigenvalue weighted by Gasteiger charge is 2.20.